The average molecular weight is 168 g/mol. The van der Waals surface area contributed by atoms with E-state index < -0.39 is 6.03 Å². The molecule has 0 bridgehead atoms. The van der Waals surface area contributed by atoms with E-state index in [1.165, 1.54) is 6.20 Å². The van der Waals surface area contributed by atoms with Crippen molar-refractivity contribution in [2.24, 2.45) is 15.0 Å². The number of rotatable bonds is 0. The van der Waals surface area contributed by atoms with Gasteiger partial charge in [-0.05, 0) is 6.08 Å². The topological polar surface area (TPSA) is 54.1 Å². The summed E-state index contributed by atoms with van der Waals surface area (Å²) in [5, 5.41) is 0.116. The number of aliphatic imine (C=N–C) groups is 3. The second kappa shape index (κ2) is 2.10. The Labute approximate surface area is 67.0 Å². The largest absolute Gasteiger partial charge is 0.369 e. The summed E-state index contributed by atoms with van der Waals surface area (Å²) in [7, 11) is 0. The van der Waals surface area contributed by atoms with Gasteiger partial charge in [0.1, 0.15) is 5.71 Å². The van der Waals surface area contributed by atoms with Gasteiger partial charge in [0.15, 0.2) is 5.17 Å². The van der Waals surface area contributed by atoms with E-state index in [4.69, 9.17) is 11.6 Å². The van der Waals surface area contributed by atoms with Crippen LogP contribution in [0.25, 0.3) is 0 Å². The summed E-state index contributed by atoms with van der Waals surface area (Å²) < 4.78 is 0. The Kier molecular flexibility index (Phi) is 1.22. The van der Waals surface area contributed by atoms with Crippen LogP contribution in [0, 0.1) is 0 Å². The van der Waals surface area contributed by atoms with Crippen LogP contribution in [0.2, 0.25) is 0 Å². The standard InChI is InChI=1S/C6H2ClN3O/c7-5-4-3(1-2-8-4)9-6(11)10-5/h1-2H. The highest BCUT2D eigenvalue weighted by Gasteiger charge is 2.21. The minimum atomic E-state index is -0.574. The Morgan fingerprint density at radius 3 is 3.00 bits per heavy atom. The molecule has 0 radical (unpaired) electrons. The third-order valence-corrected chi connectivity index (χ3v) is 1.55. The van der Waals surface area contributed by atoms with Crippen molar-refractivity contribution in [3.8, 4) is 0 Å². The Morgan fingerprint density at radius 1 is 1.36 bits per heavy atom. The highest BCUT2D eigenvalue weighted by atomic mass is 35.5. The van der Waals surface area contributed by atoms with E-state index in [9.17, 15) is 4.79 Å². The summed E-state index contributed by atoms with van der Waals surface area (Å²) in [5.41, 5.74) is 0.973. The molecule has 2 amide bonds. The molecule has 2 aliphatic heterocycles. The Balaban J connectivity index is 2.54. The summed E-state index contributed by atoms with van der Waals surface area (Å²) in [5.74, 6) is 0. The summed E-state index contributed by atoms with van der Waals surface area (Å²) >= 11 is 5.59. The van der Waals surface area contributed by atoms with Gasteiger partial charge in [-0.15, -0.1) is 0 Å². The van der Waals surface area contributed by atoms with E-state index in [2.05, 4.69) is 15.0 Å². The van der Waals surface area contributed by atoms with E-state index >= 15 is 0 Å². The molecule has 0 unspecified atom stereocenters. The molecule has 0 saturated heterocycles. The van der Waals surface area contributed by atoms with E-state index in [0.717, 1.165) is 0 Å². The lowest BCUT2D eigenvalue weighted by Crippen LogP contribution is -2.21. The highest BCUT2D eigenvalue weighted by Crippen LogP contribution is 2.09. The Morgan fingerprint density at radius 2 is 2.18 bits per heavy atom. The number of nitrogens with zero attached hydrogens (tertiary/aromatic N) is 3. The highest BCUT2D eigenvalue weighted by molar-refractivity contribution is 6.95. The van der Waals surface area contributed by atoms with E-state index in [-0.39, 0.29) is 5.17 Å². The lowest BCUT2D eigenvalue weighted by Gasteiger charge is -2.02. The van der Waals surface area contributed by atoms with Crippen molar-refractivity contribution in [1.82, 2.24) is 0 Å². The van der Waals surface area contributed by atoms with Gasteiger partial charge in [-0.3, -0.25) is 4.99 Å². The fraction of sp³-hybridized carbons (Fsp3) is 0. The van der Waals surface area contributed by atoms with E-state index in [0.29, 0.717) is 11.4 Å². The normalized spacial score (nSPS) is 20.8. The van der Waals surface area contributed by atoms with Crippen LogP contribution in [0.5, 0.6) is 0 Å². The number of hydrogen-bond acceptors (Lipinski definition) is 2. The second-order valence-corrected chi connectivity index (χ2v) is 2.33. The third-order valence-electron chi connectivity index (χ3n) is 1.28. The van der Waals surface area contributed by atoms with E-state index in [1.807, 2.05) is 0 Å². The molecule has 0 spiro atoms. The van der Waals surface area contributed by atoms with Crippen molar-refractivity contribution in [2.75, 3.05) is 0 Å². The predicted molar refractivity (Wildman–Crippen MR) is 42.7 cm³/mol. The summed E-state index contributed by atoms with van der Waals surface area (Å²) in [4.78, 5) is 21.5. The van der Waals surface area contributed by atoms with Gasteiger partial charge in [0.2, 0.25) is 0 Å². The smallest absolute Gasteiger partial charge is 0.251 e. The van der Waals surface area contributed by atoms with Crippen molar-refractivity contribution in [3.63, 3.8) is 0 Å². The zero-order valence-electron chi connectivity index (χ0n) is 5.28. The Bertz CT molecular complexity index is 351. The molecule has 2 heterocycles. The monoisotopic (exact) mass is 167 g/mol. The quantitative estimate of drug-likeness (QED) is 0.534. The number of hydrogen-bond donors (Lipinski definition) is 0. The molecule has 4 nitrogen and oxygen atoms in total. The first-order valence-electron chi connectivity index (χ1n) is 2.89. The maximum absolute atomic E-state index is 10.7. The number of fused-ring (bicyclic) bond motifs is 1. The molecule has 2 rings (SSSR count). The molecule has 11 heavy (non-hydrogen) atoms. The van der Waals surface area contributed by atoms with Crippen molar-refractivity contribution in [3.05, 3.63) is 12.3 Å². The number of amides is 2. The molecule has 2 aliphatic rings. The van der Waals surface area contributed by atoms with Gasteiger partial charge in [-0.25, -0.2) is 4.79 Å². The molecular formula is C6H2ClN3O. The maximum Gasteiger partial charge on any atom is 0.369 e. The van der Waals surface area contributed by atoms with Gasteiger partial charge in [-0.1, -0.05) is 11.6 Å². The molecule has 0 saturated carbocycles. The van der Waals surface area contributed by atoms with Crippen LogP contribution in [0.3, 0.4) is 0 Å². The minimum absolute atomic E-state index is 0.116. The maximum atomic E-state index is 10.7. The molecule has 0 aliphatic carbocycles. The fourth-order valence-electron chi connectivity index (χ4n) is 0.842. The van der Waals surface area contributed by atoms with Gasteiger partial charge in [0.05, 0.1) is 5.71 Å². The molecule has 0 aromatic carbocycles. The predicted octanol–water partition coefficient (Wildman–Crippen LogP) is 1.17. The van der Waals surface area contributed by atoms with Crippen LogP contribution in [-0.2, 0) is 0 Å². The molecular weight excluding hydrogens is 166 g/mol. The zero-order chi connectivity index (χ0) is 7.84. The third kappa shape index (κ3) is 0.914. The lowest BCUT2D eigenvalue weighted by atomic mass is 10.2. The minimum Gasteiger partial charge on any atom is -0.251 e. The number of carbonyl (C=O) groups excluding carboxylic acids is 1. The van der Waals surface area contributed by atoms with Crippen LogP contribution in [-0.4, -0.2) is 22.6 Å². The molecule has 0 aromatic rings. The number of halogens is 1. The molecule has 54 valence electrons. The van der Waals surface area contributed by atoms with E-state index in [1.54, 1.807) is 6.08 Å². The van der Waals surface area contributed by atoms with Crippen LogP contribution in [0.4, 0.5) is 4.79 Å². The van der Waals surface area contributed by atoms with Gasteiger partial charge in [0, 0.05) is 6.20 Å². The molecule has 0 N–H and O–H groups in total. The SMILES string of the molecule is O=C1N=C(Cl)C2=NC=CC2=N1. The summed E-state index contributed by atoms with van der Waals surface area (Å²) in [6.07, 6.45) is 3.15. The summed E-state index contributed by atoms with van der Waals surface area (Å²) in [6.45, 7) is 0. The summed E-state index contributed by atoms with van der Waals surface area (Å²) in [6, 6.07) is -0.574. The second-order valence-electron chi connectivity index (χ2n) is 1.98. The van der Waals surface area contributed by atoms with Crippen molar-refractivity contribution in [1.29, 1.82) is 0 Å². The van der Waals surface area contributed by atoms with Gasteiger partial charge >= 0.3 is 6.03 Å². The zero-order valence-corrected chi connectivity index (χ0v) is 6.04. The van der Waals surface area contributed by atoms with Crippen molar-refractivity contribution >= 4 is 34.2 Å². The fourth-order valence-corrected chi connectivity index (χ4v) is 1.06. The first-order valence-corrected chi connectivity index (χ1v) is 3.27. The first kappa shape index (κ1) is 6.42. The lowest BCUT2D eigenvalue weighted by molar-refractivity contribution is 0.257. The van der Waals surface area contributed by atoms with Crippen LogP contribution in [0.15, 0.2) is 27.3 Å². The average Bonchev–Trinajstić information content (AvgIpc) is 2.34. The van der Waals surface area contributed by atoms with Gasteiger partial charge in [-0.2, -0.15) is 9.98 Å². The molecule has 0 fully saturated rings. The number of carbonyl (C=O) groups is 1. The molecule has 5 heteroatoms. The van der Waals surface area contributed by atoms with Gasteiger partial charge in [0.25, 0.3) is 0 Å². The molecule has 0 aromatic heterocycles. The van der Waals surface area contributed by atoms with Crippen molar-refractivity contribution < 1.29 is 4.79 Å². The van der Waals surface area contributed by atoms with Crippen molar-refractivity contribution in [2.45, 2.75) is 0 Å². The van der Waals surface area contributed by atoms with Gasteiger partial charge < -0.3 is 0 Å². The van der Waals surface area contributed by atoms with Crippen LogP contribution in [0.1, 0.15) is 0 Å². The molecule has 0 atom stereocenters. The van der Waals surface area contributed by atoms with Crippen LogP contribution >= 0.6 is 11.6 Å². The number of urea groups is 1. The number of allylic oxidation sites excluding steroid dienone is 1. The first-order chi connectivity index (χ1) is 5.27. The Hall–Kier alpha value is -1.29. The van der Waals surface area contributed by atoms with Crippen LogP contribution < -0.4 is 0 Å².